The van der Waals surface area contributed by atoms with Crippen molar-refractivity contribution in [2.24, 2.45) is 5.41 Å². The number of aliphatic carboxylic acids is 1. The van der Waals surface area contributed by atoms with E-state index in [2.05, 4.69) is 12.1 Å². The van der Waals surface area contributed by atoms with Gasteiger partial charge in [-0.3, -0.25) is 0 Å². The van der Waals surface area contributed by atoms with Gasteiger partial charge in [-0.05, 0) is 86.1 Å². The Morgan fingerprint density at radius 2 is 1.88 bits per heavy atom. The van der Waals surface area contributed by atoms with Gasteiger partial charge in [0.15, 0.2) is 0 Å². The number of benzene rings is 3. The minimum Gasteiger partial charge on any atom is -0.550 e. The summed E-state index contributed by atoms with van der Waals surface area (Å²) in [5, 5.41) is 23.7. The number of pyridine rings is 1. The number of carbonyl (C=O) groups is 1. The second kappa shape index (κ2) is 14.3. The van der Waals surface area contributed by atoms with Crippen molar-refractivity contribution >= 4 is 52.4 Å². The molecule has 4 nitrogen and oxygen atoms in total. The topological polar surface area (TPSA) is 73.2 Å². The van der Waals surface area contributed by atoms with Crippen molar-refractivity contribution in [2.75, 3.05) is 5.75 Å². The molecule has 5 rings (SSSR count). The molecule has 1 saturated carbocycles. The summed E-state index contributed by atoms with van der Waals surface area (Å²) in [5.74, 6) is -0.799. The fourth-order valence-electron chi connectivity index (χ4n) is 5.45. The third-order valence-electron chi connectivity index (χ3n) is 7.92. The van der Waals surface area contributed by atoms with Crippen LogP contribution in [0.2, 0.25) is 5.02 Å². The number of rotatable bonds is 12. The van der Waals surface area contributed by atoms with Crippen molar-refractivity contribution in [1.82, 2.24) is 4.98 Å². The molecule has 1 aliphatic carbocycles. The molecule has 218 valence electrons. The number of nitrogens with zero attached hydrogens (tertiary/aromatic N) is 1. The van der Waals surface area contributed by atoms with Crippen molar-refractivity contribution < 1.29 is 49.0 Å². The Hall–Kier alpha value is -2.19. The van der Waals surface area contributed by atoms with E-state index in [1.165, 1.54) is 0 Å². The number of alkyl halides is 1. The molecule has 0 aliphatic heterocycles. The molecular weight excluding hydrogens is 592 g/mol. The maximum atomic E-state index is 14.4. The van der Waals surface area contributed by atoms with Gasteiger partial charge in [0.05, 0.1) is 16.8 Å². The van der Waals surface area contributed by atoms with E-state index in [0.29, 0.717) is 17.2 Å². The van der Waals surface area contributed by atoms with Crippen molar-refractivity contribution in [1.29, 1.82) is 0 Å². The van der Waals surface area contributed by atoms with E-state index in [1.54, 1.807) is 25.6 Å². The van der Waals surface area contributed by atoms with E-state index in [1.807, 2.05) is 78.9 Å². The first-order valence-corrected chi connectivity index (χ1v) is 15.6. The number of hydrogen-bond acceptors (Lipinski definition) is 5. The van der Waals surface area contributed by atoms with Gasteiger partial charge in [-0.2, -0.15) is 11.8 Å². The monoisotopic (exact) mass is 625 g/mol. The molecule has 0 unspecified atom stereocenters. The zero-order valence-corrected chi connectivity index (χ0v) is 28.3. The second-order valence-corrected chi connectivity index (χ2v) is 13.3. The van der Waals surface area contributed by atoms with Crippen LogP contribution in [-0.2, 0) is 16.8 Å². The van der Waals surface area contributed by atoms with Gasteiger partial charge < -0.3 is 15.0 Å². The number of aromatic nitrogens is 1. The molecule has 0 bridgehead atoms. The van der Waals surface area contributed by atoms with Crippen LogP contribution in [0.4, 0.5) is 4.39 Å². The molecule has 0 spiro atoms. The summed E-state index contributed by atoms with van der Waals surface area (Å²) in [7, 11) is 0. The van der Waals surface area contributed by atoms with Gasteiger partial charge >= 0.3 is 29.6 Å². The summed E-state index contributed by atoms with van der Waals surface area (Å²) in [4.78, 5) is 16.1. The van der Waals surface area contributed by atoms with Gasteiger partial charge in [0, 0.05) is 32.8 Å². The number of aliphatic hydroxyl groups is 1. The van der Waals surface area contributed by atoms with Crippen molar-refractivity contribution in [3.05, 3.63) is 112 Å². The second-order valence-electron chi connectivity index (χ2n) is 11.7. The van der Waals surface area contributed by atoms with Crippen LogP contribution in [0.25, 0.3) is 23.1 Å². The molecule has 8 heteroatoms. The van der Waals surface area contributed by atoms with Crippen molar-refractivity contribution in [3.63, 3.8) is 0 Å². The number of fused-ring (bicyclic) bond motifs is 1. The molecule has 0 amide bonds. The van der Waals surface area contributed by atoms with Gasteiger partial charge in [-0.15, -0.1) is 0 Å². The van der Waals surface area contributed by atoms with E-state index in [-0.39, 0.29) is 47.6 Å². The zero-order chi connectivity index (χ0) is 29.9. The molecule has 43 heavy (non-hydrogen) atoms. The Labute approximate surface area is 284 Å². The van der Waals surface area contributed by atoms with Crippen LogP contribution in [0.1, 0.15) is 66.3 Å². The SMILES string of the molecule is CC(C)(O)c1ccccc1CC[C@@H](SC[C@]1(CC(=O)[O-])C[C@@H]1F)c1cccc(/C=C/c2ccc3ccc(Cl)cc3n2)c1.[Na+]. The van der Waals surface area contributed by atoms with Gasteiger partial charge in [0.1, 0.15) is 6.17 Å². The number of hydrogen-bond donors (Lipinski definition) is 1. The summed E-state index contributed by atoms with van der Waals surface area (Å²) in [6, 6.07) is 25.7. The molecular formula is C35H34ClFNNaO3S. The van der Waals surface area contributed by atoms with Crippen LogP contribution in [0.3, 0.4) is 0 Å². The average Bonchev–Trinajstić information content (AvgIpc) is 3.58. The Balaban J connectivity index is 0.00000423. The first-order valence-electron chi connectivity index (χ1n) is 14.1. The smallest absolute Gasteiger partial charge is 0.550 e. The molecule has 1 fully saturated rings. The fourth-order valence-corrected chi connectivity index (χ4v) is 7.17. The first kappa shape index (κ1) is 33.7. The molecule has 3 aromatic carbocycles. The van der Waals surface area contributed by atoms with Crippen LogP contribution in [0.5, 0.6) is 0 Å². The Morgan fingerprint density at radius 1 is 1.14 bits per heavy atom. The molecule has 3 atom stereocenters. The molecule has 0 saturated heterocycles. The molecule has 1 aliphatic rings. The summed E-state index contributed by atoms with van der Waals surface area (Å²) in [6.45, 7) is 3.57. The summed E-state index contributed by atoms with van der Waals surface area (Å²) < 4.78 is 14.4. The van der Waals surface area contributed by atoms with Crippen LogP contribution < -0.4 is 34.7 Å². The number of aryl methyl sites for hydroxylation is 1. The minimum absolute atomic E-state index is 0. The Bertz CT molecular complexity index is 1620. The molecule has 4 aromatic rings. The van der Waals surface area contributed by atoms with Crippen LogP contribution in [0, 0.1) is 5.41 Å². The minimum atomic E-state index is -1.21. The van der Waals surface area contributed by atoms with Gasteiger partial charge in [0.25, 0.3) is 0 Å². The summed E-state index contributed by atoms with van der Waals surface area (Å²) >= 11 is 7.76. The average molecular weight is 626 g/mol. The predicted octanol–water partition coefficient (Wildman–Crippen LogP) is 4.57. The zero-order valence-electron chi connectivity index (χ0n) is 24.7. The van der Waals surface area contributed by atoms with Crippen LogP contribution >= 0.6 is 23.4 Å². The van der Waals surface area contributed by atoms with Crippen LogP contribution in [0.15, 0.2) is 78.9 Å². The summed E-state index contributed by atoms with van der Waals surface area (Å²) in [5.41, 5.74) is 3.86. The van der Waals surface area contributed by atoms with Gasteiger partial charge in [-0.1, -0.05) is 78.3 Å². The van der Waals surface area contributed by atoms with E-state index in [4.69, 9.17) is 16.6 Å². The van der Waals surface area contributed by atoms with Gasteiger partial charge in [0.2, 0.25) is 0 Å². The summed E-state index contributed by atoms with van der Waals surface area (Å²) in [6.07, 6.45) is 4.33. The normalized spacial score (nSPS) is 18.9. The Morgan fingerprint density at radius 3 is 2.60 bits per heavy atom. The van der Waals surface area contributed by atoms with E-state index in [9.17, 15) is 19.4 Å². The quantitative estimate of drug-likeness (QED) is 0.234. The van der Waals surface area contributed by atoms with Crippen molar-refractivity contribution in [2.45, 2.75) is 56.6 Å². The predicted molar refractivity (Wildman–Crippen MR) is 169 cm³/mol. The maximum Gasteiger partial charge on any atom is 1.00 e. The van der Waals surface area contributed by atoms with E-state index in [0.717, 1.165) is 45.3 Å². The molecule has 1 heterocycles. The largest absolute Gasteiger partial charge is 1.00 e. The number of carbonyl (C=O) groups excluding carboxylic acids is 1. The maximum absolute atomic E-state index is 14.4. The number of carboxylic acid groups (broad SMARTS) is 1. The molecule has 1 aromatic heterocycles. The van der Waals surface area contributed by atoms with Gasteiger partial charge in [-0.25, -0.2) is 9.37 Å². The third-order valence-corrected chi connectivity index (χ3v) is 9.80. The Kier molecular flexibility index (Phi) is 11.2. The van der Waals surface area contributed by atoms with E-state index < -0.39 is 23.2 Å². The number of carboxylic acids is 1. The van der Waals surface area contributed by atoms with Crippen molar-refractivity contribution in [3.8, 4) is 0 Å². The number of halogens is 2. The molecule has 0 radical (unpaired) electrons. The third kappa shape index (κ3) is 8.72. The van der Waals surface area contributed by atoms with E-state index >= 15 is 0 Å². The molecule has 1 N–H and O–H groups in total. The van der Waals surface area contributed by atoms with Crippen LogP contribution in [-0.4, -0.2) is 28.0 Å². The first-order chi connectivity index (χ1) is 20.0. The standard InChI is InChI=1S/C35H35ClFNO3S.Na/c1-34(2,41)29-9-4-3-7-24(29)13-17-31(42-22-35(20-32(35)37)21-33(39)40)26-8-5-6-23(18-26)10-15-28-16-12-25-11-14-27(36)19-30(25)38-28;/h3-12,14-16,18-19,31-32,41H,13,17,20-22H2,1-2H3,(H,39,40);/q;+1/p-1/b15-10+;/t31-,32+,35-;/m1./s1. The number of thioether (sulfide) groups is 1. The fraction of sp³-hybridized carbons (Fsp3) is 0.314.